The minimum atomic E-state index is -1.39. The molecule has 0 saturated carbocycles. The molecule has 3 N–H and O–H groups in total. The van der Waals surface area contributed by atoms with Crippen molar-refractivity contribution in [3.05, 3.63) is 23.4 Å². The third-order valence-electron chi connectivity index (χ3n) is 5.10. The first-order chi connectivity index (χ1) is 15.7. The van der Waals surface area contributed by atoms with Gasteiger partial charge in [0.25, 0.3) is 0 Å². The Morgan fingerprint density at radius 1 is 1.31 bits per heavy atom. The average molecular weight is 627 g/mol. The fourth-order valence-electron chi connectivity index (χ4n) is 3.42. The predicted octanol–water partition coefficient (Wildman–Crippen LogP) is -0.0586. The van der Waals surface area contributed by atoms with Gasteiger partial charge in [-0.25, -0.2) is 4.79 Å². The molecule has 13 heteroatoms. The molecule has 0 aromatic rings. The summed E-state index contributed by atoms with van der Waals surface area (Å²) in [6, 6.07) is -0.678. The zero-order valence-electron chi connectivity index (χ0n) is 20.7. The van der Waals surface area contributed by atoms with Gasteiger partial charge in [0, 0.05) is 12.2 Å². The van der Waals surface area contributed by atoms with Gasteiger partial charge in [-0.2, -0.15) is 0 Å². The van der Waals surface area contributed by atoms with E-state index in [9.17, 15) is 24.3 Å². The van der Waals surface area contributed by atoms with E-state index < -0.39 is 35.6 Å². The third-order valence-corrected chi connectivity index (χ3v) is 6.42. The summed E-state index contributed by atoms with van der Waals surface area (Å²) in [6.45, 7) is 6.41. The van der Waals surface area contributed by atoms with Crippen molar-refractivity contribution in [2.75, 3.05) is 46.1 Å². The van der Waals surface area contributed by atoms with E-state index in [1.54, 1.807) is 26.8 Å². The second-order valence-electron chi connectivity index (χ2n) is 9.77. The average Bonchev–Trinajstić information content (AvgIpc) is 2.72. The lowest BCUT2D eigenvalue weighted by atomic mass is 10.0. The molecule has 2 rings (SSSR count). The number of halogens is 1. The monoisotopic (exact) mass is 626 g/mol. The minimum Gasteiger partial charge on any atom is -0.543 e. The molecule has 1 saturated heterocycles. The van der Waals surface area contributed by atoms with Gasteiger partial charge in [0.05, 0.1) is 45.5 Å². The summed E-state index contributed by atoms with van der Waals surface area (Å²) < 4.78 is 10.8. The van der Waals surface area contributed by atoms with Gasteiger partial charge < -0.3 is 34.9 Å². The number of carbonyl (C=O) groups excluding carboxylic acids is 4. The number of allylic oxidation sites excluding steroid dienone is 1. The quantitative estimate of drug-likeness (QED) is 0.112. The standard InChI is InChI=1S/C22H34N4O7S.HI/c1-22(2,3)33-21(31)24-12-15(27)32-11-7-10-26(4,5)9-6-8-14-13-34-19-16(23)18(28)25(19)17(14)20(29)30;/h6,8,16,19H,7,9-13,23H2,1-5H3,(H-,24,29,30,31);1H/b8-6+;/t16-,19-;/m1./s1. The van der Waals surface area contributed by atoms with E-state index in [4.69, 9.17) is 15.2 Å². The third kappa shape index (κ3) is 9.28. The summed E-state index contributed by atoms with van der Waals surface area (Å²) in [4.78, 5) is 48.1. The van der Waals surface area contributed by atoms with Crippen LogP contribution in [0.4, 0.5) is 4.79 Å². The highest BCUT2D eigenvalue weighted by molar-refractivity contribution is 14.0. The van der Waals surface area contributed by atoms with Gasteiger partial charge in [-0.3, -0.25) is 14.5 Å². The van der Waals surface area contributed by atoms with Gasteiger partial charge in [0.15, 0.2) is 0 Å². The second kappa shape index (κ2) is 12.9. The van der Waals surface area contributed by atoms with Crippen LogP contribution in [0.25, 0.3) is 0 Å². The van der Waals surface area contributed by atoms with E-state index in [0.717, 1.165) is 0 Å². The van der Waals surface area contributed by atoms with Gasteiger partial charge in [-0.05, 0) is 32.4 Å². The number of carboxylic acids is 1. The number of ether oxygens (including phenoxy) is 2. The number of nitrogens with zero attached hydrogens (tertiary/aromatic N) is 2. The van der Waals surface area contributed by atoms with E-state index in [-0.39, 0.29) is 48.2 Å². The van der Waals surface area contributed by atoms with Crippen LogP contribution in [0, 0.1) is 0 Å². The Kier molecular flexibility index (Phi) is 11.5. The van der Waals surface area contributed by atoms with Crippen LogP contribution in [-0.4, -0.2) is 96.4 Å². The van der Waals surface area contributed by atoms with Crippen LogP contribution >= 0.6 is 35.7 Å². The summed E-state index contributed by atoms with van der Waals surface area (Å²) >= 11 is 1.43. The summed E-state index contributed by atoms with van der Waals surface area (Å²) in [5.74, 6) is -1.91. The molecule has 2 aliphatic rings. The molecule has 1 fully saturated rings. The molecule has 198 valence electrons. The Bertz CT molecular complexity index is 886. The molecule has 11 nitrogen and oxygen atoms in total. The molecule has 0 aromatic heterocycles. The maximum Gasteiger partial charge on any atom is 0.408 e. The highest BCUT2D eigenvalue weighted by Crippen LogP contribution is 2.39. The number of amides is 2. The number of hydrogen-bond donors (Lipinski definition) is 2. The Hall–Kier alpha value is -1.84. The summed E-state index contributed by atoms with van der Waals surface area (Å²) in [5.41, 5.74) is 5.51. The van der Waals surface area contributed by atoms with Crippen molar-refractivity contribution in [1.82, 2.24) is 10.2 Å². The van der Waals surface area contributed by atoms with Gasteiger partial charge in [-0.15, -0.1) is 35.7 Å². The lowest BCUT2D eigenvalue weighted by Crippen LogP contribution is -2.69. The summed E-state index contributed by atoms with van der Waals surface area (Å²) in [5, 5.41) is 13.6. The number of thioether (sulfide) groups is 1. The fraction of sp³-hybridized carbons (Fsp3) is 0.636. The smallest absolute Gasteiger partial charge is 0.408 e. The molecule has 0 radical (unpaired) electrons. The SMILES string of the molecule is CC(C)(C)OC(=O)NCC(=O)OCCC[N+](C)(C)C/C=C/C1=C(C(=O)[O-])N2C(=O)[C@@H](N)[C@H]2SC1.I. The van der Waals surface area contributed by atoms with Crippen molar-refractivity contribution in [3.8, 4) is 0 Å². The first kappa shape index (κ1) is 31.2. The fourth-order valence-corrected chi connectivity index (χ4v) is 4.68. The molecular formula is C22H35IN4O7S. The highest BCUT2D eigenvalue weighted by atomic mass is 127. The number of hydrogen-bond acceptors (Lipinski definition) is 9. The first-order valence-corrected chi connectivity index (χ1v) is 12.0. The number of rotatable bonds is 10. The minimum absolute atomic E-state index is 0. The Balaban J connectivity index is 0.00000612. The molecule has 2 heterocycles. The number of β-lactam (4-membered cyclic amide) rings is 1. The molecule has 2 amide bonds. The van der Waals surface area contributed by atoms with E-state index in [2.05, 4.69) is 5.32 Å². The van der Waals surface area contributed by atoms with Crippen LogP contribution in [0.3, 0.4) is 0 Å². The maximum atomic E-state index is 12.0. The Labute approximate surface area is 227 Å². The van der Waals surface area contributed by atoms with Crippen LogP contribution in [0.5, 0.6) is 0 Å². The zero-order valence-corrected chi connectivity index (χ0v) is 23.8. The number of nitrogens with one attached hydrogen (secondary N) is 1. The molecule has 0 unspecified atom stereocenters. The van der Waals surface area contributed by atoms with E-state index in [1.165, 1.54) is 16.7 Å². The normalized spacial score (nSPS) is 20.1. The molecule has 2 aliphatic heterocycles. The summed E-state index contributed by atoms with van der Waals surface area (Å²) in [7, 11) is 3.99. The number of likely N-dealkylation sites (N-methyl/N-ethyl adjacent to an activating group) is 1. The second-order valence-corrected chi connectivity index (χ2v) is 10.9. The Morgan fingerprint density at radius 3 is 2.57 bits per heavy atom. The number of carboxylic acid groups (broad SMARTS) is 1. The van der Waals surface area contributed by atoms with Crippen LogP contribution in [0.1, 0.15) is 27.2 Å². The maximum absolute atomic E-state index is 12.0. The number of quaternary nitrogens is 1. The molecule has 35 heavy (non-hydrogen) atoms. The van der Waals surface area contributed by atoms with Crippen molar-refractivity contribution in [3.63, 3.8) is 0 Å². The molecular weight excluding hydrogens is 591 g/mol. The number of esters is 1. The number of aliphatic carboxylic acids is 1. The van der Waals surface area contributed by atoms with E-state index >= 15 is 0 Å². The van der Waals surface area contributed by atoms with Crippen molar-refractivity contribution in [1.29, 1.82) is 0 Å². The lowest BCUT2D eigenvalue weighted by molar-refractivity contribution is -0.884. The van der Waals surface area contributed by atoms with Crippen LogP contribution in [-0.2, 0) is 23.9 Å². The number of nitrogens with two attached hydrogens (primary N) is 1. The van der Waals surface area contributed by atoms with Crippen molar-refractivity contribution < 1.29 is 38.2 Å². The van der Waals surface area contributed by atoms with Gasteiger partial charge in [-0.1, -0.05) is 6.08 Å². The molecule has 0 aliphatic carbocycles. The van der Waals surface area contributed by atoms with Crippen molar-refractivity contribution in [2.24, 2.45) is 5.73 Å². The molecule has 2 atom stereocenters. The highest BCUT2D eigenvalue weighted by Gasteiger charge is 2.49. The molecule has 0 bridgehead atoms. The van der Waals surface area contributed by atoms with Gasteiger partial charge >= 0.3 is 12.1 Å². The largest absolute Gasteiger partial charge is 0.543 e. The van der Waals surface area contributed by atoms with E-state index in [0.29, 0.717) is 35.3 Å². The van der Waals surface area contributed by atoms with Crippen molar-refractivity contribution >= 4 is 59.7 Å². The topological polar surface area (TPSA) is 151 Å². The van der Waals surface area contributed by atoms with Crippen LogP contribution in [0.2, 0.25) is 0 Å². The number of fused-ring (bicyclic) bond motifs is 1. The summed E-state index contributed by atoms with van der Waals surface area (Å²) in [6.07, 6.45) is 3.50. The molecule has 0 spiro atoms. The first-order valence-electron chi connectivity index (χ1n) is 11.0. The van der Waals surface area contributed by atoms with Crippen LogP contribution in [0.15, 0.2) is 23.4 Å². The van der Waals surface area contributed by atoms with Crippen LogP contribution < -0.4 is 16.2 Å². The van der Waals surface area contributed by atoms with Gasteiger partial charge in [0.2, 0.25) is 5.91 Å². The number of alkyl carbamates (subject to hydrolysis) is 1. The molecule has 0 aromatic carbocycles. The lowest BCUT2D eigenvalue weighted by Gasteiger charge is -2.49. The van der Waals surface area contributed by atoms with Gasteiger partial charge in [0.1, 0.15) is 23.6 Å². The zero-order chi connectivity index (χ0) is 25.7. The van der Waals surface area contributed by atoms with Crippen molar-refractivity contribution in [2.45, 2.75) is 44.2 Å². The van der Waals surface area contributed by atoms with E-state index in [1.807, 2.05) is 20.2 Å². The predicted molar refractivity (Wildman–Crippen MR) is 139 cm³/mol. The number of carbonyl (C=O) groups is 4. The Morgan fingerprint density at radius 2 is 1.97 bits per heavy atom.